The van der Waals surface area contributed by atoms with Gasteiger partial charge in [-0.25, -0.2) is 0 Å². The fourth-order valence-electron chi connectivity index (χ4n) is 1.21. The molecule has 1 aliphatic rings. The van der Waals surface area contributed by atoms with Gasteiger partial charge in [-0.3, -0.25) is 10.1 Å². The van der Waals surface area contributed by atoms with Crippen molar-refractivity contribution in [3.05, 3.63) is 0 Å². The van der Waals surface area contributed by atoms with Gasteiger partial charge in [-0.1, -0.05) is 0 Å². The molecule has 1 fully saturated rings. The molecule has 0 aromatic carbocycles. The van der Waals surface area contributed by atoms with E-state index in [1.807, 2.05) is 11.8 Å². The Morgan fingerprint density at radius 3 is 2.83 bits per heavy atom. The maximum Gasteiger partial charge on any atom is 0.222 e. The van der Waals surface area contributed by atoms with Gasteiger partial charge in [0.1, 0.15) is 0 Å². The number of carbonyl (C=O) groups is 1. The van der Waals surface area contributed by atoms with Gasteiger partial charge in [0.15, 0.2) is 0 Å². The zero-order chi connectivity index (χ0) is 9.19. The van der Waals surface area contributed by atoms with Crippen LogP contribution < -0.4 is 10.6 Å². The summed E-state index contributed by atoms with van der Waals surface area (Å²) in [6.07, 6.45) is 0.574. The Labute approximate surface area is 77.7 Å². The van der Waals surface area contributed by atoms with E-state index in [1.165, 1.54) is 0 Å². The van der Waals surface area contributed by atoms with Crippen LogP contribution in [0.2, 0.25) is 0 Å². The predicted molar refractivity (Wildman–Crippen MR) is 52.1 cm³/mol. The number of carbonyl (C=O) groups excluding carboxylic acids is 1. The third kappa shape index (κ3) is 2.68. The summed E-state index contributed by atoms with van der Waals surface area (Å²) in [7, 11) is 1.67. The molecule has 70 valence electrons. The minimum absolute atomic E-state index is 0.109. The monoisotopic (exact) mass is 188 g/mol. The number of nitrogens with one attached hydrogen (secondary N) is 2. The van der Waals surface area contributed by atoms with Gasteiger partial charge < -0.3 is 5.32 Å². The fourth-order valence-corrected chi connectivity index (χ4v) is 2.58. The van der Waals surface area contributed by atoms with E-state index < -0.39 is 0 Å². The number of hydrogen-bond acceptors (Lipinski definition) is 3. The van der Waals surface area contributed by atoms with Crippen molar-refractivity contribution in [3.8, 4) is 0 Å². The summed E-state index contributed by atoms with van der Waals surface area (Å²) in [6, 6.07) is 0. The van der Waals surface area contributed by atoms with Gasteiger partial charge in [0.05, 0.1) is 11.8 Å². The van der Waals surface area contributed by atoms with Gasteiger partial charge >= 0.3 is 0 Å². The van der Waals surface area contributed by atoms with Crippen molar-refractivity contribution in [2.75, 3.05) is 12.8 Å². The molecule has 0 bridgehead atoms. The SMILES string of the molecule is CNC(=O)CC1NC(C)(C)CS1. The first kappa shape index (κ1) is 9.86. The van der Waals surface area contributed by atoms with Crippen molar-refractivity contribution in [3.63, 3.8) is 0 Å². The van der Waals surface area contributed by atoms with E-state index in [2.05, 4.69) is 24.5 Å². The Balaban J connectivity index is 2.33. The highest BCUT2D eigenvalue weighted by molar-refractivity contribution is 8.00. The first-order valence-corrected chi connectivity index (χ1v) is 5.18. The lowest BCUT2D eigenvalue weighted by Gasteiger charge is -2.18. The lowest BCUT2D eigenvalue weighted by atomic mass is 10.1. The summed E-state index contributed by atoms with van der Waals surface area (Å²) >= 11 is 1.82. The number of amides is 1. The molecular weight excluding hydrogens is 172 g/mol. The second-order valence-electron chi connectivity index (χ2n) is 3.71. The number of rotatable bonds is 2. The van der Waals surface area contributed by atoms with Crippen molar-refractivity contribution in [1.82, 2.24) is 10.6 Å². The summed E-state index contributed by atoms with van der Waals surface area (Å²) in [5.74, 6) is 1.19. The fraction of sp³-hybridized carbons (Fsp3) is 0.875. The molecule has 1 rings (SSSR count). The van der Waals surface area contributed by atoms with E-state index in [0.717, 1.165) is 5.75 Å². The van der Waals surface area contributed by atoms with Crippen molar-refractivity contribution in [1.29, 1.82) is 0 Å². The Hall–Kier alpha value is -0.220. The molecule has 0 aromatic heterocycles. The van der Waals surface area contributed by atoms with Crippen LogP contribution in [0, 0.1) is 0 Å². The molecule has 0 aromatic rings. The zero-order valence-electron chi connectivity index (χ0n) is 7.81. The van der Waals surface area contributed by atoms with E-state index in [-0.39, 0.29) is 11.4 Å². The first-order chi connectivity index (χ1) is 5.53. The summed E-state index contributed by atoms with van der Waals surface area (Å²) in [5.41, 5.74) is 0.184. The highest BCUT2D eigenvalue weighted by atomic mass is 32.2. The van der Waals surface area contributed by atoms with Crippen molar-refractivity contribution >= 4 is 17.7 Å². The van der Waals surface area contributed by atoms with Gasteiger partial charge in [0, 0.05) is 18.3 Å². The van der Waals surface area contributed by atoms with Crippen molar-refractivity contribution < 1.29 is 4.79 Å². The molecule has 4 heteroatoms. The summed E-state index contributed by atoms with van der Waals surface area (Å²) < 4.78 is 0. The molecule has 1 amide bonds. The van der Waals surface area contributed by atoms with Crippen LogP contribution in [-0.4, -0.2) is 29.6 Å². The minimum Gasteiger partial charge on any atom is -0.359 e. The first-order valence-electron chi connectivity index (χ1n) is 4.13. The highest BCUT2D eigenvalue weighted by Crippen LogP contribution is 2.27. The molecule has 0 spiro atoms. The maximum atomic E-state index is 11.0. The van der Waals surface area contributed by atoms with Gasteiger partial charge in [0.2, 0.25) is 5.91 Å². The highest BCUT2D eigenvalue weighted by Gasteiger charge is 2.31. The van der Waals surface area contributed by atoms with Crippen molar-refractivity contribution in [2.24, 2.45) is 0 Å². The van der Waals surface area contributed by atoms with Crippen LogP contribution in [0.3, 0.4) is 0 Å². The molecule has 1 atom stereocenters. The number of thioether (sulfide) groups is 1. The minimum atomic E-state index is 0.109. The molecule has 12 heavy (non-hydrogen) atoms. The Morgan fingerprint density at radius 1 is 1.75 bits per heavy atom. The Kier molecular flexibility index (Phi) is 3.01. The molecule has 1 heterocycles. The van der Waals surface area contributed by atoms with E-state index >= 15 is 0 Å². The quantitative estimate of drug-likeness (QED) is 0.665. The largest absolute Gasteiger partial charge is 0.359 e. The molecule has 0 aliphatic carbocycles. The zero-order valence-corrected chi connectivity index (χ0v) is 8.62. The topological polar surface area (TPSA) is 41.1 Å². The summed E-state index contributed by atoms with van der Waals surface area (Å²) in [6.45, 7) is 4.31. The lowest BCUT2D eigenvalue weighted by molar-refractivity contribution is -0.120. The van der Waals surface area contributed by atoms with Crippen LogP contribution >= 0.6 is 11.8 Å². The maximum absolute atomic E-state index is 11.0. The van der Waals surface area contributed by atoms with E-state index in [0.29, 0.717) is 11.8 Å². The van der Waals surface area contributed by atoms with Gasteiger partial charge in [-0.2, -0.15) is 0 Å². The third-order valence-electron chi connectivity index (χ3n) is 1.85. The average molecular weight is 188 g/mol. The molecule has 2 N–H and O–H groups in total. The van der Waals surface area contributed by atoms with Crippen LogP contribution in [-0.2, 0) is 4.79 Å². The van der Waals surface area contributed by atoms with Crippen LogP contribution in [0.4, 0.5) is 0 Å². The van der Waals surface area contributed by atoms with E-state index in [4.69, 9.17) is 0 Å². The molecule has 1 saturated heterocycles. The van der Waals surface area contributed by atoms with Gasteiger partial charge in [0.25, 0.3) is 0 Å². The predicted octanol–water partition coefficient (Wildman–Crippen LogP) is 0.564. The van der Waals surface area contributed by atoms with E-state index in [9.17, 15) is 4.79 Å². The molecule has 0 saturated carbocycles. The Morgan fingerprint density at radius 2 is 2.42 bits per heavy atom. The number of hydrogen-bond donors (Lipinski definition) is 2. The molecule has 0 radical (unpaired) electrons. The van der Waals surface area contributed by atoms with Crippen LogP contribution in [0.15, 0.2) is 0 Å². The van der Waals surface area contributed by atoms with Crippen molar-refractivity contribution in [2.45, 2.75) is 31.2 Å². The second-order valence-corrected chi connectivity index (χ2v) is 4.90. The average Bonchev–Trinajstić information content (AvgIpc) is 2.30. The third-order valence-corrected chi connectivity index (χ3v) is 3.42. The second kappa shape index (κ2) is 3.66. The standard InChI is InChI=1S/C8H16N2OS/c1-8(2)5-12-7(10-8)4-6(11)9-3/h7,10H,4-5H2,1-3H3,(H,9,11). The molecule has 1 unspecified atom stereocenters. The molecule has 3 nitrogen and oxygen atoms in total. The van der Waals surface area contributed by atoms with Gasteiger partial charge in [-0.05, 0) is 13.8 Å². The van der Waals surface area contributed by atoms with Crippen LogP contribution in [0.5, 0.6) is 0 Å². The van der Waals surface area contributed by atoms with Crippen LogP contribution in [0.25, 0.3) is 0 Å². The smallest absolute Gasteiger partial charge is 0.222 e. The molecule has 1 aliphatic heterocycles. The van der Waals surface area contributed by atoms with Gasteiger partial charge in [-0.15, -0.1) is 11.8 Å². The van der Waals surface area contributed by atoms with E-state index in [1.54, 1.807) is 7.05 Å². The normalized spacial score (nSPS) is 27.1. The lowest BCUT2D eigenvalue weighted by Crippen LogP contribution is -2.40. The molecular formula is C8H16N2OS. The summed E-state index contributed by atoms with van der Waals surface area (Å²) in [4.78, 5) is 11.0. The van der Waals surface area contributed by atoms with Crippen LogP contribution in [0.1, 0.15) is 20.3 Å². The Bertz CT molecular complexity index is 182. The summed E-state index contributed by atoms with van der Waals surface area (Å²) in [5, 5.41) is 6.32.